The zero-order valence-electron chi connectivity index (χ0n) is 15.8. The van der Waals surface area contributed by atoms with Crippen LogP contribution in [0.1, 0.15) is 56.3 Å². The number of carbonyl (C=O) groups is 2. The Morgan fingerprint density at radius 3 is 2.50 bits per heavy atom. The molecule has 4 nitrogen and oxygen atoms in total. The third kappa shape index (κ3) is 4.43. The molecule has 142 valence electrons. The largest absolute Gasteiger partial charge is 0.354 e. The minimum atomic E-state index is -0.363. The van der Waals surface area contributed by atoms with Crippen molar-refractivity contribution in [1.29, 1.82) is 0 Å². The summed E-state index contributed by atoms with van der Waals surface area (Å²) < 4.78 is 0. The zero-order chi connectivity index (χ0) is 18.5. The van der Waals surface area contributed by atoms with Gasteiger partial charge in [0.25, 0.3) is 5.91 Å². The molecule has 1 aliphatic heterocycles. The number of rotatable bonds is 5. The van der Waals surface area contributed by atoms with Gasteiger partial charge in [-0.1, -0.05) is 51.3 Å². The minimum absolute atomic E-state index is 0.00382. The Morgan fingerprint density at radius 2 is 1.85 bits per heavy atom. The SMILES string of the molecule is CC(C)CNC(=O)[C@H]1CS[C@@H](C2CCCCC2)N1C(=O)c1ccccc1. The Balaban J connectivity index is 1.81. The lowest BCUT2D eigenvalue weighted by Crippen LogP contribution is -2.51. The molecule has 0 radical (unpaired) electrons. The molecule has 2 amide bonds. The fraction of sp³-hybridized carbons (Fsp3) is 0.619. The predicted molar refractivity (Wildman–Crippen MR) is 107 cm³/mol. The van der Waals surface area contributed by atoms with E-state index in [2.05, 4.69) is 19.2 Å². The molecule has 1 aromatic rings. The van der Waals surface area contributed by atoms with Gasteiger partial charge in [0.15, 0.2) is 0 Å². The lowest BCUT2D eigenvalue weighted by Gasteiger charge is -2.35. The summed E-state index contributed by atoms with van der Waals surface area (Å²) in [7, 11) is 0. The molecular formula is C21H30N2O2S. The highest BCUT2D eigenvalue weighted by Gasteiger charge is 2.45. The van der Waals surface area contributed by atoms with Crippen LogP contribution in [0.4, 0.5) is 0 Å². The highest BCUT2D eigenvalue weighted by atomic mass is 32.2. The quantitative estimate of drug-likeness (QED) is 0.850. The molecule has 1 saturated heterocycles. The highest BCUT2D eigenvalue weighted by molar-refractivity contribution is 8.00. The van der Waals surface area contributed by atoms with E-state index in [1.165, 1.54) is 19.3 Å². The highest BCUT2D eigenvalue weighted by Crippen LogP contribution is 2.41. The maximum atomic E-state index is 13.3. The number of hydrogen-bond acceptors (Lipinski definition) is 3. The maximum absolute atomic E-state index is 13.3. The van der Waals surface area contributed by atoms with Crippen molar-refractivity contribution in [2.24, 2.45) is 11.8 Å². The molecule has 3 rings (SSSR count). The number of nitrogens with zero attached hydrogens (tertiary/aromatic N) is 1. The number of benzene rings is 1. The van der Waals surface area contributed by atoms with Gasteiger partial charge < -0.3 is 10.2 Å². The molecule has 0 spiro atoms. The standard InChI is InChI=1S/C21H30N2O2S/c1-15(2)13-22-19(24)18-14-26-21(17-11-7-4-8-12-17)23(18)20(25)16-9-5-3-6-10-16/h3,5-6,9-10,15,17-18,21H,4,7-8,11-14H2,1-2H3,(H,22,24)/t18-,21+/m1/s1. The van der Waals surface area contributed by atoms with Crippen molar-refractivity contribution in [2.75, 3.05) is 12.3 Å². The molecule has 1 aromatic carbocycles. The Hall–Kier alpha value is -1.49. The third-order valence-corrected chi connectivity index (χ3v) is 6.79. The third-order valence-electron chi connectivity index (χ3n) is 5.33. The summed E-state index contributed by atoms with van der Waals surface area (Å²) >= 11 is 1.79. The average Bonchev–Trinajstić information content (AvgIpc) is 3.12. The molecule has 1 heterocycles. The summed E-state index contributed by atoms with van der Waals surface area (Å²) in [4.78, 5) is 28.0. The molecule has 0 bridgehead atoms. The summed E-state index contributed by atoms with van der Waals surface area (Å²) in [6, 6.07) is 9.04. The van der Waals surface area contributed by atoms with Gasteiger partial charge in [0.05, 0.1) is 5.37 Å². The summed E-state index contributed by atoms with van der Waals surface area (Å²) in [5.41, 5.74) is 0.678. The topological polar surface area (TPSA) is 49.4 Å². The van der Waals surface area contributed by atoms with Gasteiger partial charge in [-0.3, -0.25) is 9.59 Å². The fourth-order valence-electron chi connectivity index (χ4n) is 3.92. The summed E-state index contributed by atoms with van der Waals surface area (Å²) in [6.45, 7) is 4.82. The van der Waals surface area contributed by atoms with E-state index in [9.17, 15) is 9.59 Å². The Bertz CT molecular complexity index is 614. The number of carbonyl (C=O) groups excluding carboxylic acids is 2. The fourth-order valence-corrected chi connectivity index (χ4v) is 5.56. The van der Waals surface area contributed by atoms with Crippen molar-refractivity contribution in [1.82, 2.24) is 10.2 Å². The number of thioether (sulfide) groups is 1. The molecule has 2 aliphatic rings. The smallest absolute Gasteiger partial charge is 0.255 e. The minimum Gasteiger partial charge on any atom is -0.354 e. The number of nitrogens with one attached hydrogen (secondary N) is 1. The maximum Gasteiger partial charge on any atom is 0.255 e. The Morgan fingerprint density at radius 1 is 1.15 bits per heavy atom. The summed E-state index contributed by atoms with van der Waals surface area (Å²) in [6.07, 6.45) is 6.09. The van der Waals surface area contributed by atoms with Crippen LogP contribution in [0.5, 0.6) is 0 Å². The molecule has 2 fully saturated rings. The van der Waals surface area contributed by atoms with E-state index in [0.29, 0.717) is 29.7 Å². The van der Waals surface area contributed by atoms with Crippen LogP contribution in [0.2, 0.25) is 0 Å². The first-order valence-electron chi connectivity index (χ1n) is 9.85. The van der Waals surface area contributed by atoms with E-state index in [1.807, 2.05) is 35.2 Å². The van der Waals surface area contributed by atoms with Gasteiger partial charge in [0.2, 0.25) is 5.91 Å². The van der Waals surface area contributed by atoms with Crippen molar-refractivity contribution in [3.05, 3.63) is 35.9 Å². The van der Waals surface area contributed by atoms with Crippen LogP contribution >= 0.6 is 11.8 Å². The molecule has 0 unspecified atom stereocenters. The lowest BCUT2D eigenvalue weighted by atomic mass is 9.88. The first kappa shape index (κ1) is 19.3. The van der Waals surface area contributed by atoms with Crippen LogP contribution in [-0.2, 0) is 4.79 Å². The van der Waals surface area contributed by atoms with E-state index in [1.54, 1.807) is 11.8 Å². The van der Waals surface area contributed by atoms with Crippen LogP contribution in [0.15, 0.2) is 30.3 Å². The molecule has 1 aliphatic carbocycles. The van der Waals surface area contributed by atoms with Gasteiger partial charge in [-0.15, -0.1) is 11.8 Å². The molecule has 2 atom stereocenters. The van der Waals surface area contributed by atoms with Crippen molar-refractivity contribution < 1.29 is 9.59 Å². The second kappa shape index (κ2) is 8.94. The first-order chi connectivity index (χ1) is 12.6. The zero-order valence-corrected chi connectivity index (χ0v) is 16.6. The molecule has 5 heteroatoms. The van der Waals surface area contributed by atoms with Crippen molar-refractivity contribution in [3.63, 3.8) is 0 Å². The van der Waals surface area contributed by atoms with Gasteiger partial charge >= 0.3 is 0 Å². The average molecular weight is 375 g/mol. The summed E-state index contributed by atoms with van der Waals surface area (Å²) in [5.74, 6) is 1.60. The Kier molecular flexibility index (Phi) is 6.63. The van der Waals surface area contributed by atoms with Gasteiger partial charge in [0, 0.05) is 17.9 Å². The number of hydrogen-bond donors (Lipinski definition) is 1. The van der Waals surface area contributed by atoms with E-state index >= 15 is 0 Å². The van der Waals surface area contributed by atoms with Gasteiger partial charge in [-0.2, -0.15) is 0 Å². The first-order valence-corrected chi connectivity index (χ1v) is 10.9. The van der Waals surface area contributed by atoms with Crippen molar-refractivity contribution >= 4 is 23.6 Å². The van der Waals surface area contributed by atoms with E-state index < -0.39 is 0 Å². The van der Waals surface area contributed by atoms with E-state index in [0.717, 1.165) is 12.8 Å². The van der Waals surface area contributed by atoms with E-state index in [-0.39, 0.29) is 23.2 Å². The molecule has 0 aromatic heterocycles. The summed E-state index contributed by atoms with van der Waals surface area (Å²) in [5, 5.41) is 3.16. The second-order valence-corrected chi connectivity index (χ2v) is 9.00. The monoisotopic (exact) mass is 374 g/mol. The second-order valence-electron chi connectivity index (χ2n) is 7.86. The molecule has 1 N–H and O–H groups in total. The molecule has 1 saturated carbocycles. The van der Waals surface area contributed by atoms with Crippen LogP contribution in [0.3, 0.4) is 0 Å². The van der Waals surface area contributed by atoms with Crippen LogP contribution in [0, 0.1) is 11.8 Å². The molecule has 26 heavy (non-hydrogen) atoms. The Labute approximate surface area is 161 Å². The van der Waals surface area contributed by atoms with Crippen LogP contribution in [-0.4, -0.2) is 40.4 Å². The van der Waals surface area contributed by atoms with Crippen LogP contribution < -0.4 is 5.32 Å². The molecular weight excluding hydrogens is 344 g/mol. The van der Waals surface area contributed by atoms with Crippen molar-refractivity contribution in [2.45, 2.75) is 57.4 Å². The lowest BCUT2D eigenvalue weighted by molar-refractivity contribution is -0.125. The van der Waals surface area contributed by atoms with Gasteiger partial charge in [-0.05, 0) is 36.8 Å². The van der Waals surface area contributed by atoms with Gasteiger partial charge in [0.1, 0.15) is 6.04 Å². The van der Waals surface area contributed by atoms with Crippen LogP contribution in [0.25, 0.3) is 0 Å². The van der Waals surface area contributed by atoms with E-state index in [4.69, 9.17) is 0 Å². The normalized spacial score (nSPS) is 24.0. The van der Waals surface area contributed by atoms with Gasteiger partial charge in [-0.25, -0.2) is 0 Å². The number of amides is 2. The predicted octanol–water partition coefficient (Wildman–Crippen LogP) is 3.92. The van der Waals surface area contributed by atoms with Crippen molar-refractivity contribution in [3.8, 4) is 0 Å².